The van der Waals surface area contributed by atoms with E-state index in [1.54, 1.807) is 0 Å². The lowest BCUT2D eigenvalue weighted by atomic mass is 9.34. The zero-order chi connectivity index (χ0) is 41.5. The van der Waals surface area contributed by atoms with Crippen LogP contribution in [-0.4, -0.2) is 150 Å². The molecule has 10 N–H and O–H groups in total. The molecule has 14 heteroatoms. The summed E-state index contributed by atoms with van der Waals surface area (Å²) < 4.78 is 24.9. The predicted octanol–water partition coefficient (Wildman–Crippen LogP) is 1.12. The van der Waals surface area contributed by atoms with E-state index < -0.39 is 120 Å². The minimum absolute atomic E-state index is 0.0169. The van der Waals surface area contributed by atoms with E-state index in [4.69, 9.17) is 18.9 Å². The van der Waals surface area contributed by atoms with Gasteiger partial charge in [0, 0.05) is 0 Å². The standard InChI is InChI=1S/C42H72O14/c1-20(2)10-9-13-42(8,52)21-11-15-40(6)28(21)22(45)16-26-39(5)14-12-27(46)38(3,4)35(39)23(17-41(26,40)7)53-37-34(32(50)30(48)25(19-44)55-37)56-36-33(51)31(49)29(47)24(18-43)54-36/h10,21-37,43-52H,9,11-19H2,1-8H3/t21?,22-,23-,24-,25-,26-,27-,28+,29+,30+,31+,32+,33-,34+,35+,36-,37+,39+,40-,41-,42-/m0/s1. The number of hydrogen-bond acceptors (Lipinski definition) is 14. The number of rotatable bonds is 10. The number of ether oxygens (including phenoxy) is 4. The van der Waals surface area contributed by atoms with Crippen LogP contribution in [0.5, 0.6) is 0 Å². The molecule has 6 fully saturated rings. The molecule has 2 saturated heterocycles. The molecule has 0 aromatic heterocycles. The van der Waals surface area contributed by atoms with E-state index in [0.717, 1.165) is 19.3 Å². The molecule has 2 aliphatic heterocycles. The van der Waals surface area contributed by atoms with Crippen LogP contribution < -0.4 is 0 Å². The van der Waals surface area contributed by atoms with E-state index in [1.165, 1.54) is 5.57 Å². The Labute approximate surface area is 331 Å². The van der Waals surface area contributed by atoms with Crippen molar-refractivity contribution in [1.82, 2.24) is 0 Å². The van der Waals surface area contributed by atoms with Crippen molar-refractivity contribution in [1.29, 1.82) is 0 Å². The number of fused-ring (bicyclic) bond motifs is 5. The second-order valence-corrected chi connectivity index (χ2v) is 20.3. The average Bonchev–Trinajstić information content (AvgIpc) is 3.51. The van der Waals surface area contributed by atoms with Gasteiger partial charge in [-0.1, -0.05) is 46.3 Å². The highest BCUT2D eigenvalue weighted by Crippen LogP contribution is 2.76. The summed E-state index contributed by atoms with van der Waals surface area (Å²) in [5.41, 5.74) is -1.85. The van der Waals surface area contributed by atoms with E-state index in [-0.39, 0.29) is 23.7 Å². The molecule has 56 heavy (non-hydrogen) atoms. The second-order valence-electron chi connectivity index (χ2n) is 20.3. The minimum Gasteiger partial charge on any atom is -0.394 e. The molecule has 324 valence electrons. The van der Waals surface area contributed by atoms with Gasteiger partial charge in [-0.3, -0.25) is 0 Å². The lowest BCUT2D eigenvalue weighted by Gasteiger charge is -2.72. The van der Waals surface area contributed by atoms with Gasteiger partial charge in [-0.2, -0.15) is 0 Å². The molecule has 0 aromatic rings. The third-order valence-corrected chi connectivity index (χ3v) is 16.5. The minimum atomic E-state index is -1.81. The van der Waals surface area contributed by atoms with Gasteiger partial charge in [-0.15, -0.1) is 0 Å². The Bertz CT molecular complexity index is 1400. The largest absolute Gasteiger partial charge is 0.394 e. The van der Waals surface area contributed by atoms with Crippen LogP contribution in [0.25, 0.3) is 0 Å². The Morgan fingerprint density at radius 2 is 1.38 bits per heavy atom. The monoisotopic (exact) mass is 800 g/mol. The molecule has 2 heterocycles. The summed E-state index contributed by atoms with van der Waals surface area (Å²) >= 11 is 0. The number of aliphatic hydroxyl groups is 10. The number of hydrogen-bond donors (Lipinski definition) is 10. The van der Waals surface area contributed by atoms with E-state index in [1.807, 2.05) is 34.6 Å². The van der Waals surface area contributed by atoms with Crippen LogP contribution in [0.1, 0.15) is 107 Å². The first-order chi connectivity index (χ1) is 26.0. The molecule has 14 nitrogen and oxygen atoms in total. The van der Waals surface area contributed by atoms with Gasteiger partial charge < -0.3 is 70.0 Å². The maximum atomic E-state index is 12.3. The van der Waals surface area contributed by atoms with Gasteiger partial charge in [-0.05, 0) is 117 Å². The fraction of sp³-hybridized carbons (Fsp3) is 0.952. The van der Waals surface area contributed by atoms with Crippen LogP contribution >= 0.6 is 0 Å². The summed E-state index contributed by atoms with van der Waals surface area (Å²) in [6.07, 6.45) is -10.6. The van der Waals surface area contributed by atoms with Crippen molar-refractivity contribution in [3.05, 3.63) is 11.6 Å². The first-order valence-electron chi connectivity index (χ1n) is 21.0. The molecular formula is C42H72O14. The summed E-state index contributed by atoms with van der Waals surface area (Å²) in [6.45, 7) is 15.5. The molecule has 0 bridgehead atoms. The zero-order valence-corrected chi connectivity index (χ0v) is 34.6. The number of allylic oxidation sites excluding steroid dienone is 2. The zero-order valence-electron chi connectivity index (χ0n) is 34.6. The van der Waals surface area contributed by atoms with Crippen LogP contribution in [0, 0.1) is 45.3 Å². The first-order valence-corrected chi connectivity index (χ1v) is 21.0. The molecule has 0 spiro atoms. The Morgan fingerprint density at radius 3 is 1.98 bits per heavy atom. The van der Waals surface area contributed by atoms with Crippen molar-refractivity contribution in [2.75, 3.05) is 13.2 Å². The maximum absolute atomic E-state index is 12.3. The van der Waals surface area contributed by atoms with Crippen molar-refractivity contribution in [3.63, 3.8) is 0 Å². The highest BCUT2D eigenvalue weighted by atomic mass is 16.8. The Morgan fingerprint density at radius 1 is 0.768 bits per heavy atom. The van der Waals surface area contributed by atoms with Crippen molar-refractivity contribution in [2.45, 2.75) is 192 Å². The maximum Gasteiger partial charge on any atom is 0.187 e. The lowest BCUT2D eigenvalue weighted by Crippen LogP contribution is -2.71. The predicted molar refractivity (Wildman–Crippen MR) is 202 cm³/mol. The molecule has 4 aliphatic carbocycles. The van der Waals surface area contributed by atoms with Crippen molar-refractivity contribution >= 4 is 0 Å². The van der Waals surface area contributed by atoms with E-state index >= 15 is 0 Å². The summed E-state index contributed by atoms with van der Waals surface area (Å²) in [5.74, 6) is -0.623. The van der Waals surface area contributed by atoms with E-state index in [9.17, 15) is 51.1 Å². The van der Waals surface area contributed by atoms with Crippen molar-refractivity contribution in [2.24, 2.45) is 45.3 Å². The summed E-state index contributed by atoms with van der Waals surface area (Å²) in [4.78, 5) is 0. The van der Waals surface area contributed by atoms with Gasteiger partial charge in [-0.25, -0.2) is 0 Å². The summed E-state index contributed by atoms with van der Waals surface area (Å²) in [6, 6.07) is 0. The van der Waals surface area contributed by atoms with Crippen LogP contribution in [0.3, 0.4) is 0 Å². The van der Waals surface area contributed by atoms with Crippen molar-refractivity contribution in [3.8, 4) is 0 Å². The normalized spacial score (nSPS) is 52.6. The molecular weight excluding hydrogens is 728 g/mol. The van der Waals surface area contributed by atoms with E-state index in [2.05, 4.69) is 26.8 Å². The van der Waals surface area contributed by atoms with Gasteiger partial charge in [0.05, 0.1) is 37.1 Å². The highest BCUT2D eigenvalue weighted by molar-refractivity contribution is 5.22. The Balaban J connectivity index is 1.38. The van der Waals surface area contributed by atoms with Gasteiger partial charge in [0.15, 0.2) is 12.6 Å². The molecule has 6 rings (SSSR count). The Hall–Kier alpha value is -0.820. The fourth-order valence-corrected chi connectivity index (χ4v) is 13.4. The van der Waals surface area contributed by atoms with E-state index in [0.29, 0.717) is 32.1 Å². The van der Waals surface area contributed by atoms with Gasteiger partial charge in [0.1, 0.15) is 48.8 Å². The first kappa shape index (κ1) is 44.7. The molecule has 1 unspecified atom stereocenters. The molecule has 6 aliphatic rings. The molecule has 4 saturated carbocycles. The van der Waals surface area contributed by atoms with Gasteiger partial charge in [0.25, 0.3) is 0 Å². The highest BCUT2D eigenvalue weighted by Gasteiger charge is 2.73. The van der Waals surface area contributed by atoms with Crippen LogP contribution in [0.15, 0.2) is 11.6 Å². The van der Waals surface area contributed by atoms with Gasteiger partial charge >= 0.3 is 0 Å². The SMILES string of the molecule is CC(C)=CCC[C@](C)(O)C1CC[C@@]2(C)[C@H]1[C@@H](O)C[C@H]1[C@@]3(C)CC[C@H](O)C(C)(C)[C@H]3[C@@H](O[C@@H]3O[C@@H](CO)[C@@H](O)[C@@H](O)[C@H]3O[C@@H]3O[C@@H](CO)[C@@H](O)[C@@H](O)[C@@H]3O)C[C@@]12C. The van der Waals surface area contributed by atoms with Crippen molar-refractivity contribution < 1.29 is 70.0 Å². The van der Waals surface area contributed by atoms with Crippen LogP contribution in [0.4, 0.5) is 0 Å². The van der Waals surface area contributed by atoms with Crippen LogP contribution in [0.2, 0.25) is 0 Å². The second kappa shape index (κ2) is 15.9. The fourth-order valence-electron chi connectivity index (χ4n) is 13.4. The number of aliphatic hydroxyl groups excluding tert-OH is 9. The Kier molecular flexibility index (Phi) is 12.7. The molecule has 0 radical (unpaired) electrons. The smallest absolute Gasteiger partial charge is 0.187 e. The molecule has 21 atom stereocenters. The quantitative estimate of drug-likeness (QED) is 0.110. The van der Waals surface area contributed by atoms with Gasteiger partial charge in [0.2, 0.25) is 0 Å². The molecule has 0 amide bonds. The topological polar surface area (TPSA) is 239 Å². The third kappa shape index (κ3) is 7.16. The molecule has 0 aromatic carbocycles. The summed E-state index contributed by atoms with van der Waals surface area (Å²) in [5, 5.41) is 110. The van der Waals surface area contributed by atoms with Crippen LogP contribution in [-0.2, 0) is 18.9 Å². The summed E-state index contributed by atoms with van der Waals surface area (Å²) in [7, 11) is 0. The average molecular weight is 801 g/mol. The third-order valence-electron chi connectivity index (χ3n) is 16.5. The lowest BCUT2D eigenvalue weighted by molar-refractivity contribution is -0.383.